The number of hydrogen-bond acceptors (Lipinski definition) is 3. The van der Waals surface area contributed by atoms with Crippen LogP contribution in [0, 0.1) is 5.92 Å². The zero-order valence-electron chi connectivity index (χ0n) is 15.0. The van der Waals surface area contributed by atoms with Crippen LogP contribution in [0.3, 0.4) is 0 Å². The van der Waals surface area contributed by atoms with Crippen molar-refractivity contribution >= 4 is 33.4 Å². The quantitative estimate of drug-likeness (QED) is 0.792. The second-order valence-electron chi connectivity index (χ2n) is 6.90. The molecule has 1 aliphatic heterocycles. The van der Waals surface area contributed by atoms with Crippen LogP contribution in [0.2, 0.25) is 0 Å². The molecular weight excluding hydrogens is 396 g/mol. The summed E-state index contributed by atoms with van der Waals surface area (Å²) in [5.41, 5.74) is 2.07. The fourth-order valence-electron chi connectivity index (χ4n) is 3.16. The molecular formula is C19H23BrN4O2. The molecule has 1 unspecified atom stereocenters. The summed E-state index contributed by atoms with van der Waals surface area (Å²) in [5.74, 6) is -0.158. The topological polar surface area (TPSA) is 78.1 Å². The maximum Gasteiger partial charge on any atom is 0.275 e. The number of nitrogens with zero attached hydrogens (tertiary/aromatic N) is 2. The summed E-state index contributed by atoms with van der Waals surface area (Å²) in [6, 6.07) is 9.39. The summed E-state index contributed by atoms with van der Waals surface area (Å²) in [5, 5.41) is 10.1. The Morgan fingerprint density at radius 3 is 2.69 bits per heavy atom. The number of amides is 2. The molecule has 1 atom stereocenters. The number of halogens is 1. The van der Waals surface area contributed by atoms with E-state index in [1.807, 2.05) is 44.2 Å². The van der Waals surface area contributed by atoms with Gasteiger partial charge in [-0.1, -0.05) is 32.0 Å². The highest BCUT2D eigenvalue weighted by Crippen LogP contribution is 2.28. The molecule has 2 aromatic rings. The standard InChI is InChI=1S/C19H23BrN4O2/c1-12(2)16-15(20)17(23-22-16)19(26)24-10-6-7-13(11-24)18(25)21-14-8-4-3-5-9-14/h3-5,8-9,12-13H,6-7,10-11H2,1-2H3,(H,21,25)(H,22,23). The van der Waals surface area contributed by atoms with Crippen LogP contribution in [0.5, 0.6) is 0 Å². The molecule has 1 aromatic carbocycles. The average molecular weight is 419 g/mol. The Labute approximate surface area is 161 Å². The molecule has 3 rings (SSSR count). The van der Waals surface area contributed by atoms with Crippen molar-refractivity contribution in [2.24, 2.45) is 5.92 Å². The van der Waals surface area contributed by atoms with Crippen LogP contribution >= 0.6 is 15.9 Å². The lowest BCUT2D eigenvalue weighted by Gasteiger charge is -2.31. The Morgan fingerprint density at radius 1 is 1.31 bits per heavy atom. The molecule has 2 heterocycles. The van der Waals surface area contributed by atoms with E-state index in [0.717, 1.165) is 24.2 Å². The molecule has 2 amide bonds. The first-order valence-corrected chi connectivity index (χ1v) is 9.65. The van der Waals surface area contributed by atoms with Crippen LogP contribution in [-0.4, -0.2) is 40.0 Å². The molecule has 1 fully saturated rings. The zero-order valence-corrected chi connectivity index (χ0v) is 16.5. The monoisotopic (exact) mass is 418 g/mol. The van der Waals surface area contributed by atoms with Gasteiger partial charge in [0.05, 0.1) is 16.1 Å². The molecule has 1 aromatic heterocycles. The third kappa shape index (κ3) is 3.98. The molecule has 1 aliphatic rings. The van der Waals surface area contributed by atoms with Crippen molar-refractivity contribution in [3.8, 4) is 0 Å². The summed E-state index contributed by atoms with van der Waals surface area (Å²) in [7, 11) is 0. The van der Waals surface area contributed by atoms with Crippen LogP contribution in [0.25, 0.3) is 0 Å². The molecule has 138 valence electrons. The number of likely N-dealkylation sites (tertiary alicyclic amines) is 1. The van der Waals surface area contributed by atoms with Crippen LogP contribution in [0.1, 0.15) is 48.8 Å². The van der Waals surface area contributed by atoms with E-state index in [4.69, 9.17) is 0 Å². The lowest BCUT2D eigenvalue weighted by Crippen LogP contribution is -2.44. The Balaban J connectivity index is 1.68. The third-order valence-corrected chi connectivity index (χ3v) is 5.44. The van der Waals surface area contributed by atoms with Gasteiger partial charge in [-0.3, -0.25) is 14.7 Å². The molecule has 0 saturated carbocycles. The predicted octanol–water partition coefficient (Wildman–Crippen LogP) is 3.79. The molecule has 26 heavy (non-hydrogen) atoms. The smallest absolute Gasteiger partial charge is 0.275 e. The van der Waals surface area contributed by atoms with Gasteiger partial charge in [0.2, 0.25) is 5.91 Å². The fraction of sp³-hybridized carbons (Fsp3) is 0.421. The molecule has 1 saturated heterocycles. The summed E-state index contributed by atoms with van der Waals surface area (Å²) in [6.45, 7) is 5.13. The molecule has 0 bridgehead atoms. The van der Waals surface area contributed by atoms with E-state index < -0.39 is 0 Å². The first kappa shape index (κ1) is 18.6. The molecule has 2 N–H and O–H groups in total. The first-order valence-electron chi connectivity index (χ1n) is 8.86. The summed E-state index contributed by atoms with van der Waals surface area (Å²) < 4.78 is 0.716. The van der Waals surface area contributed by atoms with Crippen molar-refractivity contribution in [1.29, 1.82) is 0 Å². The van der Waals surface area contributed by atoms with Gasteiger partial charge in [0.15, 0.2) is 5.69 Å². The average Bonchev–Trinajstić information content (AvgIpc) is 3.03. The molecule has 0 aliphatic carbocycles. The van der Waals surface area contributed by atoms with Gasteiger partial charge in [0, 0.05) is 18.8 Å². The van der Waals surface area contributed by atoms with E-state index in [2.05, 4.69) is 31.4 Å². The molecule has 0 radical (unpaired) electrons. The maximum atomic E-state index is 12.9. The van der Waals surface area contributed by atoms with Gasteiger partial charge in [-0.25, -0.2) is 0 Å². The summed E-state index contributed by atoms with van der Waals surface area (Å²) in [6.07, 6.45) is 1.58. The number of rotatable bonds is 4. The number of aromatic amines is 1. The number of nitrogens with one attached hydrogen (secondary N) is 2. The van der Waals surface area contributed by atoms with Crippen LogP contribution in [0.4, 0.5) is 5.69 Å². The van der Waals surface area contributed by atoms with E-state index >= 15 is 0 Å². The van der Waals surface area contributed by atoms with E-state index in [0.29, 0.717) is 23.3 Å². The minimum absolute atomic E-state index is 0.0438. The van der Waals surface area contributed by atoms with Gasteiger partial charge in [-0.15, -0.1) is 0 Å². The van der Waals surface area contributed by atoms with Gasteiger partial charge in [-0.2, -0.15) is 5.10 Å². The van der Waals surface area contributed by atoms with Crippen molar-refractivity contribution in [2.75, 3.05) is 18.4 Å². The van der Waals surface area contributed by atoms with E-state index in [9.17, 15) is 9.59 Å². The number of hydrogen-bond donors (Lipinski definition) is 2. The highest BCUT2D eigenvalue weighted by molar-refractivity contribution is 9.10. The molecule has 0 spiro atoms. The number of piperidine rings is 1. The van der Waals surface area contributed by atoms with Gasteiger partial charge < -0.3 is 10.2 Å². The fourth-order valence-corrected chi connectivity index (χ4v) is 3.96. The predicted molar refractivity (Wildman–Crippen MR) is 104 cm³/mol. The highest BCUT2D eigenvalue weighted by Gasteiger charge is 2.31. The second kappa shape index (κ2) is 8.03. The summed E-state index contributed by atoms with van der Waals surface area (Å²) in [4.78, 5) is 27.1. The highest BCUT2D eigenvalue weighted by atomic mass is 79.9. The number of carbonyl (C=O) groups is 2. The SMILES string of the molecule is CC(C)c1[nH]nc(C(=O)N2CCCC(C(=O)Nc3ccccc3)C2)c1Br. The van der Waals surface area contributed by atoms with Crippen molar-refractivity contribution < 1.29 is 9.59 Å². The van der Waals surface area contributed by atoms with Crippen molar-refractivity contribution in [1.82, 2.24) is 15.1 Å². The normalized spacial score (nSPS) is 17.4. The minimum Gasteiger partial charge on any atom is -0.336 e. The van der Waals surface area contributed by atoms with Crippen LogP contribution < -0.4 is 5.32 Å². The first-order chi connectivity index (χ1) is 12.5. The van der Waals surface area contributed by atoms with Gasteiger partial charge >= 0.3 is 0 Å². The van der Waals surface area contributed by atoms with Crippen molar-refractivity contribution in [2.45, 2.75) is 32.6 Å². The Bertz CT molecular complexity index is 788. The molecule has 6 nitrogen and oxygen atoms in total. The maximum absolute atomic E-state index is 12.9. The number of anilines is 1. The van der Waals surface area contributed by atoms with Crippen LogP contribution in [-0.2, 0) is 4.79 Å². The number of aromatic nitrogens is 2. The lowest BCUT2D eigenvalue weighted by atomic mass is 9.96. The Hall–Kier alpha value is -2.15. The second-order valence-corrected chi connectivity index (χ2v) is 7.69. The van der Waals surface area contributed by atoms with E-state index in [1.54, 1.807) is 4.90 Å². The number of para-hydroxylation sites is 1. The van der Waals surface area contributed by atoms with Crippen molar-refractivity contribution in [3.63, 3.8) is 0 Å². The largest absolute Gasteiger partial charge is 0.336 e. The Kier molecular flexibility index (Phi) is 5.76. The molecule has 7 heteroatoms. The Morgan fingerprint density at radius 2 is 2.04 bits per heavy atom. The number of H-pyrrole nitrogens is 1. The van der Waals surface area contributed by atoms with Crippen molar-refractivity contribution in [3.05, 3.63) is 46.2 Å². The lowest BCUT2D eigenvalue weighted by molar-refractivity contribution is -0.121. The van der Waals surface area contributed by atoms with E-state index in [-0.39, 0.29) is 23.7 Å². The van der Waals surface area contributed by atoms with Gasteiger partial charge in [0.25, 0.3) is 5.91 Å². The minimum atomic E-state index is -0.213. The number of carbonyl (C=O) groups excluding carboxylic acids is 2. The van der Waals surface area contributed by atoms with Gasteiger partial charge in [-0.05, 0) is 46.8 Å². The summed E-state index contributed by atoms with van der Waals surface area (Å²) >= 11 is 3.49. The zero-order chi connectivity index (χ0) is 18.7. The van der Waals surface area contributed by atoms with Crippen LogP contribution in [0.15, 0.2) is 34.8 Å². The van der Waals surface area contributed by atoms with Gasteiger partial charge in [0.1, 0.15) is 0 Å². The number of benzene rings is 1. The van der Waals surface area contributed by atoms with E-state index in [1.165, 1.54) is 0 Å². The third-order valence-electron chi connectivity index (χ3n) is 4.63.